The average molecular weight is 381 g/mol. The predicted octanol–water partition coefficient (Wildman–Crippen LogP) is 1.57. The molecule has 0 radical (unpaired) electrons. The first-order valence-corrected chi connectivity index (χ1v) is 10.0. The number of hydrogen-bond acceptors (Lipinski definition) is 5. The fourth-order valence-corrected chi connectivity index (χ4v) is 4.80. The predicted molar refractivity (Wildman–Crippen MR) is 105 cm³/mol. The van der Waals surface area contributed by atoms with Gasteiger partial charge >= 0.3 is 6.03 Å². The molecule has 3 amide bonds. The van der Waals surface area contributed by atoms with Crippen LogP contribution in [0, 0.1) is 11.8 Å². The highest BCUT2D eigenvalue weighted by Crippen LogP contribution is 2.36. The van der Waals surface area contributed by atoms with E-state index in [2.05, 4.69) is 10.2 Å². The molecule has 154 valence electrons. The molecule has 27 heavy (non-hydrogen) atoms. The lowest BCUT2D eigenvalue weighted by Crippen LogP contribution is -2.58. The van der Waals surface area contributed by atoms with Crippen molar-refractivity contribution >= 4 is 17.7 Å². The van der Waals surface area contributed by atoms with E-state index < -0.39 is 5.54 Å². The number of imide groups is 1. The monoisotopic (exact) mass is 380 g/mol. The summed E-state index contributed by atoms with van der Waals surface area (Å²) in [7, 11) is 5.94. The molecule has 0 spiro atoms. The van der Waals surface area contributed by atoms with Crippen molar-refractivity contribution in [3.8, 4) is 0 Å². The van der Waals surface area contributed by atoms with Gasteiger partial charge in [-0.05, 0) is 60.7 Å². The molecule has 2 aliphatic rings. The quantitative estimate of drug-likeness (QED) is 0.784. The number of likely N-dealkylation sites (tertiary alicyclic amines) is 1. The second-order valence-electron chi connectivity index (χ2n) is 9.12. The summed E-state index contributed by atoms with van der Waals surface area (Å²) in [6, 6.07) is 0.0496. The Morgan fingerprint density at radius 2 is 1.96 bits per heavy atom. The van der Waals surface area contributed by atoms with Crippen LogP contribution in [-0.4, -0.2) is 84.8 Å². The number of nitrogens with zero attached hydrogens (tertiary/aromatic N) is 3. The molecule has 3 atom stereocenters. The molecule has 1 saturated heterocycles. The standard InChI is InChI=1S/C20H36N4O3/c1-7-24(19(27)21-20(2,3)13-22(4)5)18(26)15-10-14-11-16(25)8-9-17(14)23(6)12-15/h14-15,17H,7-13H2,1-6H3,(H,21,27)/t14-,15-,17-/m1/s1. The third-order valence-electron chi connectivity index (χ3n) is 5.75. The molecule has 1 N–H and O–H groups in total. The molecule has 0 unspecified atom stereocenters. The number of Topliss-reactive ketones (excluding diaryl/α,β-unsaturated/α-hetero) is 1. The van der Waals surface area contributed by atoms with Gasteiger partial charge in [-0.25, -0.2) is 4.79 Å². The van der Waals surface area contributed by atoms with Crippen LogP contribution >= 0.6 is 0 Å². The number of carbonyl (C=O) groups is 3. The zero-order valence-corrected chi connectivity index (χ0v) is 17.7. The number of ketones is 1. The largest absolute Gasteiger partial charge is 0.331 e. The van der Waals surface area contributed by atoms with E-state index in [9.17, 15) is 14.4 Å². The van der Waals surface area contributed by atoms with Crippen LogP contribution in [0.3, 0.4) is 0 Å². The molecule has 0 aromatic rings. The Hall–Kier alpha value is -1.47. The van der Waals surface area contributed by atoms with Gasteiger partial charge in [-0.3, -0.25) is 14.5 Å². The summed E-state index contributed by atoms with van der Waals surface area (Å²) in [5.74, 6) is 0.169. The minimum atomic E-state index is -0.432. The molecule has 1 aliphatic heterocycles. The summed E-state index contributed by atoms with van der Waals surface area (Å²) in [5.41, 5.74) is -0.432. The molecule has 7 nitrogen and oxygen atoms in total. The van der Waals surface area contributed by atoms with Crippen molar-refractivity contribution in [3.63, 3.8) is 0 Å². The number of likely N-dealkylation sites (N-methyl/N-ethyl adjacent to an activating group) is 1. The van der Waals surface area contributed by atoms with E-state index in [4.69, 9.17) is 0 Å². The maximum atomic E-state index is 13.1. The van der Waals surface area contributed by atoms with Crippen molar-refractivity contribution in [3.05, 3.63) is 0 Å². The van der Waals surface area contributed by atoms with E-state index in [1.807, 2.05) is 46.8 Å². The molecule has 0 aromatic carbocycles. The number of hydrogen-bond donors (Lipinski definition) is 1. The van der Waals surface area contributed by atoms with Crippen LogP contribution in [0.2, 0.25) is 0 Å². The van der Waals surface area contributed by atoms with Crippen LogP contribution in [0.15, 0.2) is 0 Å². The Bertz CT molecular complexity index is 576. The zero-order valence-electron chi connectivity index (χ0n) is 17.7. The van der Waals surface area contributed by atoms with Gasteiger partial charge in [-0.15, -0.1) is 0 Å². The van der Waals surface area contributed by atoms with E-state index in [0.29, 0.717) is 50.7 Å². The number of carbonyl (C=O) groups excluding carboxylic acids is 3. The van der Waals surface area contributed by atoms with Gasteiger partial charge < -0.3 is 15.1 Å². The van der Waals surface area contributed by atoms with Crippen LogP contribution in [0.4, 0.5) is 4.79 Å². The van der Waals surface area contributed by atoms with Crippen LogP contribution in [0.5, 0.6) is 0 Å². The van der Waals surface area contributed by atoms with Gasteiger partial charge in [0.05, 0.1) is 5.92 Å². The fourth-order valence-electron chi connectivity index (χ4n) is 4.80. The van der Waals surface area contributed by atoms with Crippen LogP contribution in [0.1, 0.15) is 46.5 Å². The molecule has 0 bridgehead atoms. The first-order valence-electron chi connectivity index (χ1n) is 10.0. The zero-order chi connectivity index (χ0) is 20.4. The smallest absolute Gasteiger partial charge is 0.324 e. The highest BCUT2D eigenvalue weighted by atomic mass is 16.2. The Balaban J connectivity index is 2.05. The van der Waals surface area contributed by atoms with Crippen molar-refractivity contribution in [2.45, 2.75) is 58.0 Å². The number of nitrogens with one attached hydrogen (secondary N) is 1. The van der Waals surface area contributed by atoms with Gasteiger partial charge in [0, 0.05) is 44.1 Å². The van der Waals surface area contributed by atoms with Crippen molar-refractivity contribution in [1.82, 2.24) is 20.0 Å². The van der Waals surface area contributed by atoms with Crippen molar-refractivity contribution in [1.29, 1.82) is 0 Å². The lowest BCUT2D eigenvalue weighted by molar-refractivity contribution is -0.138. The number of urea groups is 1. The summed E-state index contributed by atoms with van der Waals surface area (Å²) in [6.45, 7) is 7.42. The third-order valence-corrected chi connectivity index (χ3v) is 5.75. The molecule has 0 aromatic heterocycles. The van der Waals surface area contributed by atoms with Gasteiger partial charge in [0.1, 0.15) is 5.78 Å². The Kier molecular flexibility index (Phi) is 7.03. The summed E-state index contributed by atoms with van der Waals surface area (Å²) in [6.07, 6.45) is 2.80. The molecule has 7 heteroatoms. The maximum absolute atomic E-state index is 13.1. The summed E-state index contributed by atoms with van der Waals surface area (Å²) in [5, 5.41) is 2.99. The number of fused-ring (bicyclic) bond motifs is 1. The summed E-state index contributed by atoms with van der Waals surface area (Å²) < 4.78 is 0. The minimum Gasteiger partial charge on any atom is -0.331 e. The van der Waals surface area contributed by atoms with Crippen LogP contribution < -0.4 is 5.32 Å². The first-order chi connectivity index (χ1) is 12.5. The molecule has 1 aliphatic carbocycles. The number of amides is 3. The van der Waals surface area contributed by atoms with Gasteiger partial charge in [0.2, 0.25) is 5.91 Å². The van der Waals surface area contributed by atoms with Gasteiger partial charge in [0.25, 0.3) is 0 Å². The summed E-state index contributed by atoms with van der Waals surface area (Å²) >= 11 is 0. The van der Waals surface area contributed by atoms with Crippen LogP contribution in [0.25, 0.3) is 0 Å². The van der Waals surface area contributed by atoms with E-state index in [-0.39, 0.29) is 23.8 Å². The molecule has 2 fully saturated rings. The lowest BCUT2D eigenvalue weighted by atomic mass is 9.74. The van der Waals surface area contributed by atoms with Crippen molar-refractivity contribution in [2.24, 2.45) is 11.8 Å². The molecule has 2 rings (SSSR count). The molecular formula is C20H36N4O3. The van der Waals surface area contributed by atoms with Crippen molar-refractivity contribution < 1.29 is 14.4 Å². The fraction of sp³-hybridized carbons (Fsp3) is 0.850. The molecule has 1 saturated carbocycles. The number of piperidine rings is 1. The van der Waals surface area contributed by atoms with Gasteiger partial charge in [-0.1, -0.05) is 0 Å². The van der Waals surface area contributed by atoms with Crippen molar-refractivity contribution in [2.75, 3.05) is 40.8 Å². The van der Waals surface area contributed by atoms with Gasteiger partial charge in [0.15, 0.2) is 0 Å². The Labute approximate surface area is 163 Å². The SMILES string of the molecule is CCN(C(=O)NC(C)(C)CN(C)C)C(=O)[C@@H]1C[C@@H]2CC(=O)CC[C@H]2N(C)C1. The third kappa shape index (κ3) is 5.51. The van der Waals surface area contributed by atoms with Gasteiger partial charge in [-0.2, -0.15) is 0 Å². The van der Waals surface area contributed by atoms with E-state index >= 15 is 0 Å². The number of rotatable bonds is 5. The van der Waals surface area contributed by atoms with Crippen LogP contribution in [-0.2, 0) is 9.59 Å². The Morgan fingerprint density at radius 3 is 2.56 bits per heavy atom. The Morgan fingerprint density at radius 1 is 1.30 bits per heavy atom. The van der Waals surface area contributed by atoms with E-state index in [1.165, 1.54) is 4.90 Å². The highest BCUT2D eigenvalue weighted by molar-refractivity contribution is 5.96. The maximum Gasteiger partial charge on any atom is 0.324 e. The van der Waals surface area contributed by atoms with E-state index in [0.717, 1.165) is 6.42 Å². The first kappa shape index (κ1) is 21.8. The second-order valence-corrected chi connectivity index (χ2v) is 9.12. The topological polar surface area (TPSA) is 73.0 Å². The summed E-state index contributed by atoms with van der Waals surface area (Å²) in [4.78, 5) is 43.3. The molecular weight excluding hydrogens is 344 g/mol. The minimum absolute atomic E-state index is 0.126. The normalized spacial score (nSPS) is 26.6. The second kappa shape index (κ2) is 8.69. The molecule has 1 heterocycles. The van der Waals surface area contributed by atoms with E-state index in [1.54, 1.807) is 0 Å². The lowest BCUT2D eigenvalue weighted by Gasteiger charge is -2.45. The highest BCUT2D eigenvalue weighted by Gasteiger charge is 2.42. The average Bonchev–Trinajstić information content (AvgIpc) is 2.52.